The van der Waals surface area contributed by atoms with Gasteiger partial charge < -0.3 is 5.73 Å². The highest BCUT2D eigenvalue weighted by Crippen LogP contribution is 2.24. The van der Waals surface area contributed by atoms with Crippen LogP contribution in [0.3, 0.4) is 0 Å². The average molecular weight is 206 g/mol. The van der Waals surface area contributed by atoms with Gasteiger partial charge in [-0.2, -0.15) is 0 Å². The highest BCUT2D eigenvalue weighted by atomic mass is 19.2. The third-order valence-electron chi connectivity index (χ3n) is 2.05. The molecule has 76 valence electrons. The van der Waals surface area contributed by atoms with E-state index in [2.05, 4.69) is 4.98 Å². The van der Waals surface area contributed by atoms with E-state index in [0.29, 0.717) is 11.1 Å². The van der Waals surface area contributed by atoms with Crippen LogP contribution in [-0.4, -0.2) is 4.98 Å². The molecular formula is C11H8F2N2. The fraction of sp³-hybridized carbons (Fsp3) is 0. The lowest BCUT2D eigenvalue weighted by Gasteiger charge is -2.04. The average Bonchev–Trinajstić information content (AvgIpc) is 2.26. The molecule has 2 N–H and O–H groups in total. The molecule has 1 aromatic carbocycles. The molecular weight excluding hydrogens is 198 g/mol. The Balaban J connectivity index is 2.56. The molecule has 0 aliphatic heterocycles. The number of hydrogen-bond donors (Lipinski definition) is 1. The Morgan fingerprint density at radius 2 is 1.93 bits per heavy atom. The summed E-state index contributed by atoms with van der Waals surface area (Å²) in [6, 6.07) is 5.95. The van der Waals surface area contributed by atoms with Crippen LogP contribution in [0.1, 0.15) is 0 Å². The first kappa shape index (κ1) is 9.58. The monoisotopic (exact) mass is 206 g/mol. The van der Waals surface area contributed by atoms with Gasteiger partial charge in [-0.3, -0.25) is 4.98 Å². The molecule has 0 unspecified atom stereocenters. The van der Waals surface area contributed by atoms with E-state index >= 15 is 0 Å². The summed E-state index contributed by atoms with van der Waals surface area (Å²) in [5.74, 6) is -1.96. The maximum absolute atomic E-state index is 13.1. The summed E-state index contributed by atoms with van der Waals surface area (Å²) in [7, 11) is 0. The first-order chi connectivity index (χ1) is 7.18. The fourth-order valence-electron chi connectivity index (χ4n) is 1.31. The van der Waals surface area contributed by atoms with Gasteiger partial charge in [-0.25, -0.2) is 8.78 Å². The van der Waals surface area contributed by atoms with Crippen LogP contribution in [0.15, 0.2) is 36.7 Å². The highest BCUT2D eigenvalue weighted by molar-refractivity contribution is 5.66. The van der Waals surface area contributed by atoms with Crippen molar-refractivity contribution in [3.63, 3.8) is 0 Å². The number of nitrogens with zero attached hydrogens (tertiary/aromatic N) is 1. The predicted octanol–water partition coefficient (Wildman–Crippen LogP) is 2.61. The normalized spacial score (nSPS) is 10.3. The topological polar surface area (TPSA) is 38.9 Å². The number of halogens is 2. The van der Waals surface area contributed by atoms with Crippen LogP contribution in [0.4, 0.5) is 14.5 Å². The van der Waals surface area contributed by atoms with Gasteiger partial charge in [0.2, 0.25) is 0 Å². The van der Waals surface area contributed by atoms with Crippen molar-refractivity contribution in [2.24, 2.45) is 0 Å². The van der Waals surface area contributed by atoms with Crippen molar-refractivity contribution in [3.05, 3.63) is 48.3 Å². The number of pyridine rings is 1. The van der Waals surface area contributed by atoms with Gasteiger partial charge in [-0.05, 0) is 23.8 Å². The van der Waals surface area contributed by atoms with Gasteiger partial charge in [0, 0.05) is 18.0 Å². The van der Waals surface area contributed by atoms with Crippen molar-refractivity contribution >= 4 is 5.69 Å². The minimum absolute atomic E-state index is 0.200. The smallest absolute Gasteiger partial charge is 0.181 e. The summed E-state index contributed by atoms with van der Waals surface area (Å²) in [5, 5.41) is 0. The molecule has 0 aliphatic rings. The van der Waals surface area contributed by atoms with Crippen LogP contribution < -0.4 is 5.73 Å². The standard InChI is InChI=1S/C11H8F2N2/c12-9-4-8(5-10(14)11(9)13)7-2-1-3-15-6-7/h1-6H,14H2. The SMILES string of the molecule is Nc1cc(-c2cccnc2)cc(F)c1F. The molecule has 15 heavy (non-hydrogen) atoms. The van der Waals surface area contributed by atoms with Gasteiger partial charge in [-0.1, -0.05) is 6.07 Å². The van der Waals surface area contributed by atoms with Crippen LogP contribution in [0.25, 0.3) is 11.1 Å². The van der Waals surface area contributed by atoms with Gasteiger partial charge in [0.15, 0.2) is 11.6 Å². The van der Waals surface area contributed by atoms with Crippen molar-refractivity contribution in [2.75, 3.05) is 5.73 Å². The van der Waals surface area contributed by atoms with E-state index in [9.17, 15) is 8.78 Å². The Morgan fingerprint density at radius 3 is 2.53 bits per heavy atom. The molecule has 0 amide bonds. The number of benzene rings is 1. The third kappa shape index (κ3) is 1.79. The number of nitrogens with two attached hydrogens (primary N) is 1. The lowest BCUT2D eigenvalue weighted by atomic mass is 10.1. The lowest BCUT2D eigenvalue weighted by Crippen LogP contribution is -1.95. The van der Waals surface area contributed by atoms with Crippen LogP contribution in [0.2, 0.25) is 0 Å². The minimum Gasteiger partial charge on any atom is -0.396 e. The molecule has 0 bridgehead atoms. The molecule has 2 rings (SSSR count). The zero-order valence-corrected chi connectivity index (χ0v) is 7.74. The predicted molar refractivity (Wildman–Crippen MR) is 54.0 cm³/mol. The molecule has 0 saturated heterocycles. The van der Waals surface area contributed by atoms with Crippen LogP contribution in [-0.2, 0) is 0 Å². The molecule has 0 aliphatic carbocycles. The van der Waals surface area contributed by atoms with Crippen molar-refractivity contribution in [2.45, 2.75) is 0 Å². The summed E-state index contributed by atoms with van der Waals surface area (Å²) >= 11 is 0. The largest absolute Gasteiger partial charge is 0.396 e. The van der Waals surface area contributed by atoms with Crippen LogP contribution >= 0.6 is 0 Å². The zero-order chi connectivity index (χ0) is 10.8. The summed E-state index contributed by atoms with van der Waals surface area (Å²) in [5.41, 5.74) is 6.33. The Hall–Kier alpha value is -1.97. The van der Waals surface area contributed by atoms with Crippen molar-refractivity contribution < 1.29 is 8.78 Å². The first-order valence-electron chi connectivity index (χ1n) is 4.33. The Kier molecular flexibility index (Phi) is 2.33. The molecule has 1 aromatic heterocycles. The number of aromatic nitrogens is 1. The zero-order valence-electron chi connectivity index (χ0n) is 7.74. The number of anilines is 1. The Labute approximate surface area is 85.4 Å². The molecule has 4 heteroatoms. The molecule has 0 atom stereocenters. The molecule has 0 saturated carbocycles. The quantitative estimate of drug-likeness (QED) is 0.728. The number of nitrogen functional groups attached to an aromatic ring is 1. The molecule has 0 radical (unpaired) electrons. The second-order valence-corrected chi connectivity index (χ2v) is 3.10. The van der Waals surface area contributed by atoms with E-state index < -0.39 is 11.6 Å². The van der Waals surface area contributed by atoms with E-state index in [1.807, 2.05) is 0 Å². The van der Waals surface area contributed by atoms with Gasteiger partial charge in [-0.15, -0.1) is 0 Å². The van der Waals surface area contributed by atoms with Crippen molar-refractivity contribution in [1.29, 1.82) is 0 Å². The number of rotatable bonds is 1. The van der Waals surface area contributed by atoms with Gasteiger partial charge >= 0.3 is 0 Å². The van der Waals surface area contributed by atoms with Crippen molar-refractivity contribution in [3.8, 4) is 11.1 Å². The molecule has 0 fully saturated rings. The van der Waals surface area contributed by atoms with E-state index in [0.717, 1.165) is 6.07 Å². The Morgan fingerprint density at radius 1 is 1.13 bits per heavy atom. The van der Waals surface area contributed by atoms with E-state index in [1.165, 1.54) is 6.07 Å². The third-order valence-corrected chi connectivity index (χ3v) is 2.05. The summed E-state index contributed by atoms with van der Waals surface area (Å²) in [6.45, 7) is 0. The number of hydrogen-bond acceptors (Lipinski definition) is 2. The molecule has 0 spiro atoms. The first-order valence-corrected chi connectivity index (χ1v) is 4.33. The fourth-order valence-corrected chi connectivity index (χ4v) is 1.31. The van der Waals surface area contributed by atoms with Gasteiger partial charge in [0.05, 0.1) is 5.69 Å². The molecule has 2 aromatic rings. The maximum atomic E-state index is 13.1. The van der Waals surface area contributed by atoms with Gasteiger partial charge in [0.1, 0.15) is 0 Å². The van der Waals surface area contributed by atoms with E-state index in [1.54, 1.807) is 24.5 Å². The van der Waals surface area contributed by atoms with E-state index in [-0.39, 0.29) is 5.69 Å². The van der Waals surface area contributed by atoms with Gasteiger partial charge in [0.25, 0.3) is 0 Å². The summed E-state index contributed by atoms with van der Waals surface area (Å²) in [4.78, 5) is 3.89. The van der Waals surface area contributed by atoms with Crippen molar-refractivity contribution in [1.82, 2.24) is 4.98 Å². The maximum Gasteiger partial charge on any atom is 0.181 e. The lowest BCUT2D eigenvalue weighted by molar-refractivity contribution is 0.512. The van der Waals surface area contributed by atoms with E-state index in [4.69, 9.17) is 5.73 Å². The molecule has 1 heterocycles. The molecule has 2 nitrogen and oxygen atoms in total. The minimum atomic E-state index is -1.01. The summed E-state index contributed by atoms with van der Waals surface area (Å²) in [6.07, 6.45) is 3.17. The second-order valence-electron chi connectivity index (χ2n) is 3.10. The van der Waals surface area contributed by atoms with Crippen LogP contribution in [0, 0.1) is 11.6 Å². The highest BCUT2D eigenvalue weighted by Gasteiger charge is 2.08. The second kappa shape index (κ2) is 3.65. The van der Waals surface area contributed by atoms with Crippen LogP contribution in [0.5, 0.6) is 0 Å². The Bertz CT molecular complexity index is 460. The summed E-state index contributed by atoms with van der Waals surface area (Å²) < 4.78 is 26.0.